The van der Waals surface area contributed by atoms with Gasteiger partial charge in [-0.15, -0.1) is 0 Å². The molecule has 140 valence electrons. The topological polar surface area (TPSA) is 96.6 Å². The zero-order valence-corrected chi connectivity index (χ0v) is 15.2. The van der Waals surface area contributed by atoms with Gasteiger partial charge in [0, 0.05) is 18.0 Å². The van der Waals surface area contributed by atoms with E-state index in [4.69, 9.17) is 18.7 Å². The van der Waals surface area contributed by atoms with Crippen LogP contribution in [0.25, 0.3) is 11.4 Å². The van der Waals surface area contributed by atoms with Crippen LogP contribution in [0.15, 0.2) is 47.2 Å². The second-order valence-electron chi connectivity index (χ2n) is 5.54. The van der Waals surface area contributed by atoms with E-state index >= 15 is 0 Å². The zero-order valence-electron chi connectivity index (χ0n) is 15.2. The van der Waals surface area contributed by atoms with Crippen molar-refractivity contribution in [3.05, 3.63) is 54.2 Å². The molecule has 0 radical (unpaired) electrons. The van der Waals surface area contributed by atoms with Crippen molar-refractivity contribution in [2.24, 2.45) is 0 Å². The van der Waals surface area contributed by atoms with Gasteiger partial charge in [0.15, 0.2) is 17.6 Å². The molecule has 3 aromatic rings. The molecular weight excluding hydrogens is 350 g/mol. The number of rotatable bonds is 7. The lowest BCUT2D eigenvalue weighted by Gasteiger charge is -2.12. The lowest BCUT2D eigenvalue weighted by Crippen LogP contribution is -2.10. The van der Waals surface area contributed by atoms with Crippen LogP contribution in [-0.2, 0) is 4.74 Å². The summed E-state index contributed by atoms with van der Waals surface area (Å²) in [6, 6.07) is 8.41. The van der Waals surface area contributed by atoms with Crippen LogP contribution in [0.1, 0.15) is 36.2 Å². The monoisotopic (exact) mass is 369 g/mol. The van der Waals surface area contributed by atoms with Crippen LogP contribution in [-0.4, -0.2) is 34.8 Å². The minimum atomic E-state index is -0.715. The third-order valence-corrected chi connectivity index (χ3v) is 3.69. The van der Waals surface area contributed by atoms with Crippen molar-refractivity contribution in [2.45, 2.75) is 20.0 Å². The van der Waals surface area contributed by atoms with Gasteiger partial charge in [-0.1, -0.05) is 5.16 Å². The molecule has 0 bridgehead atoms. The van der Waals surface area contributed by atoms with Crippen molar-refractivity contribution in [3.8, 4) is 22.9 Å². The zero-order chi connectivity index (χ0) is 19.2. The molecule has 27 heavy (non-hydrogen) atoms. The second-order valence-corrected chi connectivity index (χ2v) is 5.54. The van der Waals surface area contributed by atoms with Crippen molar-refractivity contribution in [1.82, 2.24) is 15.1 Å². The fourth-order valence-corrected chi connectivity index (χ4v) is 2.36. The molecule has 0 saturated carbocycles. The predicted molar refractivity (Wildman–Crippen MR) is 95.5 cm³/mol. The van der Waals surface area contributed by atoms with Gasteiger partial charge in [0.05, 0.1) is 19.3 Å². The summed E-state index contributed by atoms with van der Waals surface area (Å²) in [6.45, 7) is 3.96. The highest BCUT2D eigenvalue weighted by Gasteiger charge is 2.21. The highest BCUT2D eigenvalue weighted by molar-refractivity contribution is 5.90. The van der Waals surface area contributed by atoms with Crippen LogP contribution in [0.4, 0.5) is 0 Å². The summed E-state index contributed by atoms with van der Waals surface area (Å²) >= 11 is 0. The number of esters is 1. The maximum absolute atomic E-state index is 12.4. The van der Waals surface area contributed by atoms with Gasteiger partial charge in [-0.25, -0.2) is 4.79 Å². The maximum Gasteiger partial charge on any atom is 0.339 e. The van der Waals surface area contributed by atoms with Crippen LogP contribution in [0, 0.1) is 0 Å². The smallest absolute Gasteiger partial charge is 0.339 e. The van der Waals surface area contributed by atoms with E-state index in [2.05, 4.69) is 15.1 Å². The molecule has 2 heterocycles. The average molecular weight is 369 g/mol. The Morgan fingerprint density at radius 2 is 2.11 bits per heavy atom. The number of benzene rings is 1. The van der Waals surface area contributed by atoms with Gasteiger partial charge in [0.1, 0.15) is 0 Å². The van der Waals surface area contributed by atoms with Crippen molar-refractivity contribution in [2.75, 3.05) is 13.7 Å². The minimum absolute atomic E-state index is 0.195. The summed E-state index contributed by atoms with van der Waals surface area (Å²) in [5, 5.41) is 3.89. The number of ether oxygens (including phenoxy) is 3. The number of hydrogen-bond donors (Lipinski definition) is 0. The molecule has 0 aliphatic heterocycles. The van der Waals surface area contributed by atoms with E-state index in [1.54, 1.807) is 43.6 Å². The van der Waals surface area contributed by atoms with E-state index < -0.39 is 12.1 Å². The molecule has 0 aliphatic carbocycles. The summed E-state index contributed by atoms with van der Waals surface area (Å²) in [6.07, 6.45) is 2.56. The highest BCUT2D eigenvalue weighted by atomic mass is 16.6. The number of methoxy groups -OCH3 is 1. The van der Waals surface area contributed by atoms with Crippen LogP contribution in [0.5, 0.6) is 11.5 Å². The number of nitrogens with zero attached hydrogens (tertiary/aromatic N) is 3. The fourth-order valence-electron chi connectivity index (χ4n) is 2.36. The Morgan fingerprint density at radius 1 is 1.26 bits per heavy atom. The quantitative estimate of drug-likeness (QED) is 0.584. The molecule has 0 N–H and O–H groups in total. The maximum atomic E-state index is 12.4. The van der Waals surface area contributed by atoms with E-state index in [0.29, 0.717) is 35.1 Å². The first-order valence-corrected chi connectivity index (χ1v) is 8.38. The summed E-state index contributed by atoms with van der Waals surface area (Å²) in [7, 11) is 1.54. The normalized spacial score (nSPS) is 11.7. The summed E-state index contributed by atoms with van der Waals surface area (Å²) in [4.78, 5) is 20.7. The third kappa shape index (κ3) is 4.22. The molecule has 8 heteroatoms. The van der Waals surface area contributed by atoms with E-state index in [9.17, 15) is 4.79 Å². The van der Waals surface area contributed by atoms with Crippen molar-refractivity contribution < 1.29 is 23.5 Å². The lowest BCUT2D eigenvalue weighted by atomic mass is 10.2. The third-order valence-electron chi connectivity index (χ3n) is 3.69. The molecule has 1 atom stereocenters. The SMILES string of the molecule is CCOc1cc(C(=O)OC(C)c2nc(-c3cccnc3)no2)ccc1OC. The molecule has 0 amide bonds. The van der Waals surface area contributed by atoms with E-state index in [-0.39, 0.29) is 5.89 Å². The molecular formula is C19H19N3O5. The number of pyridine rings is 1. The fraction of sp³-hybridized carbons (Fsp3) is 0.263. The highest BCUT2D eigenvalue weighted by Crippen LogP contribution is 2.29. The first-order valence-electron chi connectivity index (χ1n) is 8.38. The standard InChI is InChI=1S/C19H19N3O5/c1-4-25-16-10-13(7-8-15(16)24-3)19(23)26-12(2)18-21-17(22-27-18)14-6-5-9-20-11-14/h5-12H,4H2,1-3H3. The van der Waals surface area contributed by atoms with Crippen LogP contribution < -0.4 is 9.47 Å². The van der Waals surface area contributed by atoms with E-state index in [1.165, 1.54) is 7.11 Å². The van der Waals surface area contributed by atoms with Gasteiger partial charge in [0.2, 0.25) is 5.82 Å². The molecule has 0 fully saturated rings. The lowest BCUT2D eigenvalue weighted by molar-refractivity contribution is 0.0265. The molecule has 0 saturated heterocycles. The molecule has 2 aromatic heterocycles. The number of carbonyl (C=O) groups excluding carboxylic acids is 1. The summed E-state index contributed by atoms with van der Waals surface area (Å²) in [5.41, 5.74) is 1.04. The predicted octanol–water partition coefficient (Wildman–Crippen LogP) is 3.46. The Bertz CT molecular complexity index is 911. The Kier molecular flexibility index (Phi) is 5.65. The van der Waals surface area contributed by atoms with Crippen molar-refractivity contribution >= 4 is 5.97 Å². The van der Waals surface area contributed by atoms with Crippen molar-refractivity contribution in [3.63, 3.8) is 0 Å². The second kappa shape index (κ2) is 8.31. The van der Waals surface area contributed by atoms with Crippen LogP contribution in [0.2, 0.25) is 0 Å². The summed E-state index contributed by atoms with van der Waals surface area (Å²) in [5.74, 6) is 1.05. The van der Waals surface area contributed by atoms with Gasteiger partial charge in [-0.3, -0.25) is 4.98 Å². The van der Waals surface area contributed by atoms with Gasteiger partial charge >= 0.3 is 5.97 Å². The molecule has 3 rings (SSSR count). The van der Waals surface area contributed by atoms with E-state index in [1.807, 2.05) is 13.0 Å². The Hall–Kier alpha value is -3.42. The minimum Gasteiger partial charge on any atom is -0.493 e. The molecule has 1 unspecified atom stereocenters. The Morgan fingerprint density at radius 3 is 2.81 bits per heavy atom. The van der Waals surface area contributed by atoms with Gasteiger partial charge < -0.3 is 18.7 Å². The van der Waals surface area contributed by atoms with Gasteiger partial charge in [0.25, 0.3) is 5.89 Å². The Balaban J connectivity index is 1.72. The first kappa shape index (κ1) is 18.4. The Labute approximate surface area is 156 Å². The van der Waals surface area contributed by atoms with Crippen LogP contribution >= 0.6 is 0 Å². The largest absolute Gasteiger partial charge is 0.493 e. The van der Waals surface area contributed by atoms with Crippen LogP contribution in [0.3, 0.4) is 0 Å². The first-order chi connectivity index (χ1) is 13.1. The van der Waals surface area contributed by atoms with Gasteiger partial charge in [-0.05, 0) is 44.2 Å². The van der Waals surface area contributed by atoms with Gasteiger partial charge in [-0.2, -0.15) is 4.98 Å². The summed E-state index contributed by atoms with van der Waals surface area (Å²) < 4.78 is 21.3. The van der Waals surface area contributed by atoms with Crippen molar-refractivity contribution in [1.29, 1.82) is 0 Å². The number of hydrogen-bond acceptors (Lipinski definition) is 8. The molecule has 0 aliphatic rings. The number of aromatic nitrogens is 3. The van der Waals surface area contributed by atoms with E-state index in [0.717, 1.165) is 0 Å². The molecule has 8 nitrogen and oxygen atoms in total. The average Bonchev–Trinajstić information content (AvgIpc) is 3.19. The molecule has 0 spiro atoms. The molecule has 1 aromatic carbocycles. The number of carbonyl (C=O) groups is 1.